The fraction of sp³-hybridized carbons (Fsp3) is 0.320. The summed E-state index contributed by atoms with van der Waals surface area (Å²) in [7, 11) is 0. The van der Waals surface area contributed by atoms with Crippen LogP contribution in [0.4, 0.5) is 11.6 Å². The highest BCUT2D eigenvalue weighted by Crippen LogP contribution is 2.41. The van der Waals surface area contributed by atoms with Crippen molar-refractivity contribution in [2.45, 2.75) is 39.2 Å². The number of Topliss-reactive ketones (excluding diaryl/α,β-unsaturated/α-hetero) is 1. The van der Waals surface area contributed by atoms with E-state index in [4.69, 9.17) is 33.3 Å². The SMILES string of the molecule is CCN(CC)c1ccc(-c2nc3n(n2)C(c2ccc(Cl)c(Cl)c2)C2=C(CCCC2=O)N3)cc1. The minimum Gasteiger partial charge on any atom is -0.372 e. The van der Waals surface area contributed by atoms with Crippen molar-refractivity contribution < 1.29 is 4.79 Å². The molecular formula is C25H25Cl2N5O. The molecule has 1 unspecified atom stereocenters. The van der Waals surface area contributed by atoms with E-state index >= 15 is 0 Å². The molecule has 170 valence electrons. The molecule has 6 nitrogen and oxygen atoms in total. The summed E-state index contributed by atoms with van der Waals surface area (Å²) in [5, 5.41) is 9.14. The van der Waals surface area contributed by atoms with Gasteiger partial charge in [0.25, 0.3) is 0 Å². The first-order chi connectivity index (χ1) is 16.0. The Labute approximate surface area is 203 Å². The van der Waals surface area contributed by atoms with E-state index < -0.39 is 6.04 Å². The molecule has 0 spiro atoms. The summed E-state index contributed by atoms with van der Waals surface area (Å²) >= 11 is 12.5. The van der Waals surface area contributed by atoms with Crippen LogP contribution in [0.3, 0.4) is 0 Å². The Balaban J connectivity index is 1.58. The summed E-state index contributed by atoms with van der Waals surface area (Å²) in [5.74, 6) is 1.37. The molecule has 1 N–H and O–H groups in total. The van der Waals surface area contributed by atoms with Gasteiger partial charge in [0, 0.05) is 42.0 Å². The zero-order valence-corrected chi connectivity index (χ0v) is 20.1. The van der Waals surface area contributed by atoms with Crippen molar-refractivity contribution in [1.82, 2.24) is 14.8 Å². The van der Waals surface area contributed by atoms with Gasteiger partial charge in [-0.2, -0.15) is 4.98 Å². The molecule has 1 aliphatic carbocycles. The van der Waals surface area contributed by atoms with Crippen LogP contribution in [0.1, 0.15) is 44.7 Å². The number of nitrogens with one attached hydrogen (secondary N) is 1. The van der Waals surface area contributed by atoms with Crippen molar-refractivity contribution in [1.29, 1.82) is 0 Å². The first kappa shape index (κ1) is 22.0. The zero-order valence-electron chi connectivity index (χ0n) is 18.6. The molecular weight excluding hydrogens is 457 g/mol. The average Bonchev–Trinajstić information content (AvgIpc) is 3.25. The third-order valence-electron chi connectivity index (χ3n) is 6.38. The number of halogens is 2. The van der Waals surface area contributed by atoms with Gasteiger partial charge < -0.3 is 10.2 Å². The van der Waals surface area contributed by atoms with E-state index in [0.29, 0.717) is 28.2 Å². The van der Waals surface area contributed by atoms with Crippen LogP contribution in [0.15, 0.2) is 53.7 Å². The van der Waals surface area contributed by atoms with Crippen LogP contribution in [-0.4, -0.2) is 33.6 Å². The van der Waals surface area contributed by atoms with Crippen LogP contribution in [0.25, 0.3) is 11.4 Å². The molecule has 0 saturated heterocycles. The number of allylic oxidation sites excluding steroid dienone is 2. The number of hydrogen-bond acceptors (Lipinski definition) is 5. The molecule has 0 bridgehead atoms. The third kappa shape index (κ3) is 3.91. The van der Waals surface area contributed by atoms with E-state index in [1.807, 2.05) is 24.3 Å². The maximum Gasteiger partial charge on any atom is 0.226 e. The van der Waals surface area contributed by atoms with Gasteiger partial charge in [0.15, 0.2) is 11.6 Å². The lowest BCUT2D eigenvalue weighted by Crippen LogP contribution is -2.31. The molecule has 1 aliphatic heterocycles. The molecule has 2 aromatic carbocycles. The Bertz CT molecular complexity index is 1240. The van der Waals surface area contributed by atoms with E-state index in [-0.39, 0.29) is 5.78 Å². The predicted molar refractivity (Wildman–Crippen MR) is 133 cm³/mol. The normalized spacial score (nSPS) is 17.5. The molecule has 0 amide bonds. The van der Waals surface area contributed by atoms with Gasteiger partial charge in [-0.15, -0.1) is 5.10 Å². The molecule has 0 radical (unpaired) electrons. The van der Waals surface area contributed by atoms with Crippen molar-refractivity contribution in [3.05, 3.63) is 69.3 Å². The van der Waals surface area contributed by atoms with E-state index in [0.717, 1.165) is 48.3 Å². The fourth-order valence-corrected chi connectivity index (χ4v) is 4.99. The lowest BCUT2D eigenvalue weighted by Gasteiger charge is -2.32. The van der Waals surface area contributed by atoms with Crippen molar-refractivity contribution in [3.63, 3.8) is 0 Å². The summed E-state index contributed by atoms with van der Waals surface area (Å²) < 4.78 is 1.80. The number of aromatic nitrogens is 3. The second-order valence-corrected chi connectivity index (χ2v) is 9.11. The van der Waals surface area contributed by atoms with Gasteiger partial charge in [0.1, 0.15) is 6.04 Å². The minimum absolute atomic E-state index is 0.131. The topological polar surface area (TPSA) is 63.1 Å². The zero-order chi connectivity index (χ0) is 23.1. The number of hydrogen-bond donors (Lipinski definition) is 1. The summed E-state index contributed by atoms with van der Waals surface area (Å²) in [6.45, 7) is 6.20. The molecule has 33 heavy (non-hydrogen) atoms. The number of carbonyl (C=O) groups excluding carboxylic acids is 1. The van der Waals surface area contributed by atoms with Crippen molar-refractivity contribution in [2.75, 3.05) is 23.3 Å². The van der Waals surface area contributed by atoms with Gasteiger partial charge in [0.2, 0.25) is 5.95 Å². The van der Waals surface area contributed by atoms with Crippen LogP contribution in [0.5, 0.6) is 0 Å². The second kappa shape index (κ2) is 8.84. The van der Waals surface area contributed by atoms with Gasteiger partial charge in [-0.3, -0.25) is 4.79 Å². The number of carbonyl (C=O) groups is 1. The van der Waals surface area contributed by atoms with E-state index in [1.165, 1.54) is 5.69 Å². The lowest BCUT2D eigenvalue weighted by atomic mass is 9.85. The molecule has 1 atom stereocenters. The number of benzene rings is 2. The summed E-state index contributed by atoms with van der Waals surface area (Å²) in [6, 6.07) is 13.4. The number of nitrogens with zero attached hydrogens (tertiary/aromatic N) is 4. The minimum atomic E-state index is -0.394. The molecule has 5 rings (SSSR count). The highest BCUT2D eigenvalue weighted by molar-refractivity contribution is 6.42. The van der Waals surface area contributed by atoms with E-state index in [9.17, 15) is 4.79 Å². The van der Waals surface area contributed by atoms with Crippen molar-refractivity contribution >= 4 is 40.6 Å². The van der Waals surface area contributed by atoms with Crippen LogP contribution in [0.2, 0.25) is 10.0 Å². The van der Waals surface area contributed by atoms with E-state index in [2.05, 4.69) is 36.2 Å². The molecule has 2 aliphatic rings. The van der Waals surface area contributed by atoms with Crippen LogP contribution < -0.4 is 10.2 Å². The van der Waals surface area contributed by atoms with Crippen molar-refractivity contribution in [2.24, 2.45) is 0 Å². The maximum absolute atomic E-state index is 13.0. The number of ketones is 1. The first-order valence-electron chi connectivity index (χ1n) is 11.3. The summed E-state index contributed by atoms with van der Waals surface area (Å²) in [4.78, 5) is 20.1. The molecule has 0 saturated carbocycles. The number of anilines is 2. The molecule has 2 heterocycles. The molecule has 0 fully saturated rings. The Kier molecular flexibility index (Phi) is 5.89. The first-order valence-corrected chi connectivity index (χ1v) is 12.1. The van der Waals surface area contributed by atoms with Gasteiger partial charge in [-0.25, -0.2) is 4.68 Å². The monoisotopic (exact) mass is 481 g/mol. The quantitative estimate of drug-likeness (QED) is 0.475. The van der Waals surface area contributed by atoms with E-state index in [1.54, 1.807) is 10.7 Å². The van der Waals surface area contributed by atoms with Crippen LogP contribution in [0, 0.1) is 0 Å². The number of rotatable bonds is 5. The highest BCUT2D eigenvalue weighted by Gasteiger charge is 2.37. The molecule has 3 aromatic rings. The summed E-state index contributed by atoms with van der Waals surface area (Å²) in [5.41, 5.74) is 4.61. The Hall–Kier alpha value is -2.83. The second-order valence-electron chi connectivity index (χ2n) is 8.29. The third-order valence-corrected chi connectivity index (χ3v) is 7.12. The Morgan fingerprint density at radius 2 is 1.82 bits per heavy atom. The average molecular weight is 482 g/mol. The summed E-state index contributed by atoms with van der Waals surface area (Å²) in [6.07, 6.45) is 2.16. The molecule has 1 aromatic heterocycles. The Morgan fingerprint density at radius 3 is 2.52 bits per heavy atom. The predicted octanol–water partition coefficient (Wildman–Crippen LogP) is 6.12. The Morgan fingerprint density at radius 1 is 1.06 bits per heavy atom. The van der Waals surface area contributed by atoms with Gasteiger partial charge in [0.05, 0.1) is 10.0 Å². The lowest BCUT2D eigenvalue weighted by molar-refractivity contribution is -0.116. The smallest absolute Gasteiger partial charge is 0.226 e. The molecule has 8 heteroatoms. The van der Waals surface area contributed by atoms with Crippen LogP contribution >= 0.6 is 23.2 Å². The highest BCUT2D eigenvalue weighted by atomic mass is 35.5. The van der Waals surface area contributed by atoms with Gasteiger partial charge in [-0.1, -0.05) is 29.3 Å². The number of fused-ring (bicyclic) bond motifs is 1. The van der Waals surface area contributed by atoms with Gasteiger partial charge >= 0.3 is 0 Å². The van der Waals surface area contributed by atoms with Gasteiger partial charge in [-0.05, 0) is 68.7 Å². The van der Waals surface area contributed by atoms with Crippen molar-refractivity contribution in [3.8, 4) is 11.4 Å². The fourth-order valence-electron chi connectivity index (χ4n) is 4.68. The largest absolute Gasteiger partial charge is 0.372 e. The van der Waals surface area contributed by atoms with Crippen LogP contribution in [-0.2, 0) is 4.79 Å². The maximum atomic E-state index is 13.0. The standard InChI is InChI=1S/C25H25Cl2N5O/c1-3-31(4-2)17-11-8-15(9-12-17)24-29-25-28-20-6-5-7-21(33)22(20)23(32(25)30-24)16-10-13-18(26)19(27)14-16/h8-14,23H,3-7H2,1-2H3,(H,28,29,30).